The van der Waals surface area contributed by atoms with E-state index in [2.05, 4.69) is 16.9 Å². The molecule has 4 rings (SSSR count). The highest BCUT2D eigenvalue weighted by molar-refractivity contribution is 7.89. The van der Waals surface area contributed by atoms with Gasteiger partial charge in [-0.3, -0.25) is 4.79 Å². The molecular formula is C20H27N3O4S. The maximum atomic E-state index is 13.1. The van der Waals surface area contributed by atoms with E-state index in [9.17, 15) is 13.2 Å². The highest BCUT2D eigenvalue weighted by atomic mass is 32.2. The lowest BCUT2D eigenvalue weighted by atomic mass is 10.0. The molecular weight excluding hydrogens is 378 g/mol. The fraction of sp³-hybridized carbons (Fsp3) is 0.550. The molecule has 0 aliphatic carbocycles. The van der Waals surface area contributed by atoms with Gasteiger partial charge in [0.25, 0.3) is 0 Å². The van der Waals surface area contributed by atoms with Gasteiger partial charge in [-0.05, 0) is 62.4 Å². The summed E-state index contributed by atoms with van der Waals surface area (Å²) in [4.78, 5) is 16.7. The minimum Gasteiger partial charge on any atom is -0.377 e. The van der Waals surface area contributed by atoms with Gasteiger partial charge in [-0.15, -0.1) is 0 Å². The van der Waals surface area contributed by atoms with Crippen LogP contribution in [0.15, 0.2) is 40.0 Å². The average Bonchev–Trinajstić information content (AvgIpc) is 3.20. The second kappa shape index (κ2) is 7.94. The summed E-state index contributed by atoms with van der Waals surface area (Å²) in [7, 11) is -1.43. The van der Waals surface area contributed by atoms with Crippen molar-refractivity contribution in [1.82, 2.24) is 14.2 Å². The minimum atomic E-state index is -3.54. The zero-order valence-corrected chi connectivity index (χ0v) is 17.0. The number of aromatic nitrogens is 1. The van der Waals surface area contributed by atoms with Gasteiger partial charge in [-0.25, -0.2) is 8.42 Å². The van der Waals surface area contributed by atoms with E-state index in [1.54, 1.807) is 28.6 Å². The number of benzene rings is 1. The molecule has 1 aromatic heterocycles. The van der Waals surface area contributed by atoms with Crippen LogP contribution in [0.25, 0.3) is 10.9 Å². The quantitative estimate of drug-likeness (QED) is 0.820. The number of nitrogens with one attached hydrogen (secondary N) is 1. The number of likely N-dealkylation sites (N-methyl/N-ethyl adjacent to an activating group) is 1. The number of piperidine rings is 1. The van der Waals surface area contributed by atoms with E-state index in [1.165, 1.54) is 6.07 Å². The smallest absolute Gasteiger partial charge is 0.248 e. The predicted molar refractivity (Wildman–Crippen MR) is 108 cm³/mol. The Hall–Kier alpha value is -1.74. The summed E-state index contributed by atoms with van der Waals surface area (Å²) >= 11 is 0. The summed E-state index contributed by atoms with van der Waals surface area (Å²) in [5.41, 5.74) is 0.443. The molecule has 1 atom stereocenters. The third-order valence-corrected chi connectivity index (χ3v) is 7.79. The Bertz CT molecular complexity index is 990. The van der Waals surface area contributed by atoms with Crippen molar-refractivity contribution in [2.24, 2.45) is 0 Å². The highest BCUT2D eigenvalue weighted by Crippen LogP contribution is 2.25. The topological polar surface area (TPSA) is 82.7 Å². The normalized spacial score (nSPS) is 22.3. The molecule has 0 amide bonds. The van der Waals surface area contributed by atoms with Crippen LogP contribution in [0.5, 0.6) is 0 Å². The van der Waals surface area contributed by atoms with Crippen LogP contribution in [0.1, 0.15) is 25.7 Å². The van der Waals surface area contributed by atoms with Crippen molar-refractivity contribution in [3.8, 4) is 0 Å². The number of hydrogen-bond donors (Lipinski definition) is 1. The zero-order valence-electron chi connectivity index (χ0n) is 16.1. The van der Waals surface area contributed by atoms with Crippen LogP contribution < -0.4 is 5.56 Å². The first kappa shape index (κ1) is 19.6. The first-order valence-electron chi connectivity index (χ1n) is 9.88. The molecule has 152 valence electrons. The van der Waals surface area contributed by atoms with Crippen molar-refractivity contribution >= 4 is 20.9 Å². The highest BCUT2D eigenvalue weighted by Gasteiger charge is 2.31. The van der Waals surface area contributed by atoms with E-state index in [0.717, 1.165) is 38.8 Å². The number of fused-ring (bicyclic) bond motifs is 1. The van der Waals surface area contributed by atoms with Crippen LogP contribution in [-0.2, 0) is 14.8 Å². The summed E-state index contributed by atoms with van der Waals surface area (Å²) < 4.78 is 33.4. The van der Waals surface area contributed by atoms with E-state index in [4.69, 9.17) is 4.74 Å². The molecule has 7 nitrogen and oxygen atoms in total. The summed E-state index contributed by atoms with van der Waals surface area (Å²) in [5, 5.41) is 0.715. The molecule has 0 spiro atoms. The number of H-pyrrole nitrogens is 1. The van der Waals surface area contributed by atoms with E-state index in [-0.39, 0.29) is 10.5 Å². The molecule has 8 heteroatoms. The molecule has 2 aliphatic rings. The Morgan fingerprint density at radius 1 is 1.18 bits per heavy atom. The molecule has 0 radical (unpaired) electrons. The van der Waals surface area contributed by atoms with Crippen molar-refractivity contribution in [1.29, 1.82) is 0 Å². The number of ether oxygens (including phenoxy) is 1. The molecule has 2 aliphatic heterocycles. The van der Waals surface area contributed by atoms with Gasteiger partial charge in [0, 0.05) is 43.9 Å². The second-order valence-electron chi connectivity index (χ2n) is 7.78. The SMILES string of the molecule is CN(CC1CCCO1)C1CCN(S(=O)(=O)c2ccc3[nH]c(=O)ccc3c2)CC1. The van der Waals surface area contributed by atoms with Crippen molar-refractivity contribution in [3.63, 3.8) is 0 Å². The van der Waals surface area contributed by atoms with E-state index >= 15 is 0 Å². The fourth-order valence-corrected chi connectivity index (χ4v) is 5.73. The molecule has 2 aromatic rings. The predicted octanol–water partition coefficient (Wildman–Crippen LogP) is 1.79. The summed E-state index contributed by atoms with van der Waals surface area (Å²) in [6.45, 7) is 2.81. The summed E-state index contributed by atoms with van der Waals surface area (Å²) in [6, 6.07) is 8.32. The van der Waals surface area contributed by atoms with Crippen LogP contribution in [-0.4, -0.2) is 68.0 Å². The van der Waals surface area contributed by atoms with Crippen LogP contribution in [0, 0.1) is 0 Å². The largest absolute Gasteiger partial charge is 0.377 e. The third-order valence-electron chi connectivity index (χ3n) is 5.90. The maximum absolute atomic E-state index is 13.1. The van der Waals surface area contributed by atoms with Crippen LogP contribution in [0.2, 0.25) is 0 Å². The van der Waals surface area contributed by atoms with Gasteiger partial charge in [0.05, 0.1) is 11.0 Å². The molecule has 1 N–H and O–H groups in total. The van der Waals surface area contributed by atoms with E-state index in [0.29, 0.717) is 36.1 Å². The number of hydrogen-bond acceptors (Lipinski definition) is 5. The molecule has 1 unspecified atom stereocenters. The van der Waals surface area contributed by atoms with E-state index in [1.807, 2.05) is 0 Å². The molecule has 0 bridgehead atoms. The lowest BCUT2D eigenvalue weighted by Crippen LogP contribution is -2.47. The van der Waals surface area contributed by atoms with Gasteiger partial charge in [-0.2, -0.15) is 4.31 Å². The monoisotopic (exact) mass is 405 g/mol. The molecule has 3 heterocycles. The Morgan fingerprint density at radius 3 is 2.68 bits per heavy atom. The van der Waals surface area contributed by atoms with Crippen molar-refractivity contribution in [3.05, 3.63) is 40.7 Å². The standard InChI is InChI=1S/C20H27N3O4S/c1-22(14-17-3-2-12-27-17)16-8-10-23(11-9-16)28(25,26)18-5-6-19-15(13-18)4-7-20(24)21-19/h4-7,13,16-17H,2-3,8-12,14H2,1H3,(H,21,24). The van der Waals surface area contributed by atoms with Crippen molar-refractivity contribution in [2.75, 3.05) is 33.3 Å². The Labute approximate surface area is 165 Å². The maximum Gasteiger partial charge on any atom is 0.248 e. The average molecular weight is 406 g/mol. The lowest BCUT2D eigenvalue weighted by molar-refractivity contribution is 0.0581. The lowest BCUT2D eigenvalue weighted by Gasteiger charge is -2.37. The van der Waals surface area contributed by atoms with Crippen LogP contribution >= 0.6 is 0 Å². The molecule has 2 fully saturated rings. The van der Waals surface area contributed by atoms with Gasteiger partial charge in [-0.1, -0.05) is 0 Å². The number of nitrogens with zero attached hydrogens (tertiary/aromatic N) is 2. The third kappa shape index (κ3) is 4.00. The van der Waals surface area contributed by atoms with Crippen LogP contribution in [0.3, 0.4) is 0 Å². The molecule has 28 heavy (non-hydrogen) atoms. The first-order valence-corrected chi connectivity index (χ1v) is 11.3. The Morgan fingerprint density at radius 2 is 1.96 bits per heavy atom. The first-order chi connectivity index (χ1) is 13.4. The summed E-state index contributed by atoms with van der Waals surface area (Å²) in [6.07, 6.45) is 4.21. The zero-order chi connectivity index (χ0) is 19.7. The number of pyridine rings is 1. The Balaban J connectivity index is 1.43. The van der Waals surface area contributed by atoms with Gasteiger partial charge in [0.1, 0.15) is 0 Å². The molecule has 2 saturated heterocycles. The van der Waals surface area contributed by atoms with Gasteiger partial charge in [0.2, 0.25) is 15.6 Å². The second-order valence-corrected chi connectivity index (χ2v) is 9.72. The fourth-order valence-electron chi connectivity index (χ4n) is 4.22. The van der Waals surface area contributed by atoms with Crippen molar-refractivity contribution < 1.29 is 13.2 Å². The number of sulfonamides is 1. The van der Waals surface area contributed by atoms with Gasteiger partial charge < -0.3 is 14.6 Å². The number of aromatic amines is 1. The van der Waals surface area contributed by atoms with Crippen molar-refractivity contribution in [2.45, 2.75) is 42.7 Å². The number of rotatable bonds is 5. The molecule has 0 saturated carbocycles. The van der Waals surface area contributed by atoms with Gasteiger partial charge in [0.15, 0.2) is 0 Å². The van der Waals surface area contributed by atoms with Crippen LogP contribution in [0.4, 0.5) is 0 Å². The minimum absolute atomic E-state index is 0.197. The summed E-state index contributed by atoms with van der Waals surface area (Å²) in [5.74, 6) is 0. The molecule has 1 aromatic carbocycles. The van der Waals surface area contributed by atoms with E-state index < -0.39 is 10.0 Å². The van der Waals surface area contributed by atoms with Gasteiger partial charge >= 0.3 is 0 Å². The Kier molecular flexibility index (Phi) is 5.55.